The lowest BCUT2D eigenvalue weighted by atomic mass is 10.2. The number of fused-ring (bicyclic) bond motifs is 1. The zero-order valence-electron chi connectivity index (χ0n) is 15.5. The summed E-state index contributed by atoms with van der Waals surface area (Å²) in [7, 11) is 0. The summed E-state index contributed by atoms with van der Waals surface area (Å²) in [5.41, 5.74) is 0.684. The van der Waals surface area contributed by atoms with E-state index in [9.17, 15) is 14.4 Å². The van der Waals surface area contributed by atoms with Gasteiger partial charge in [-0.15, -0.1) is 0 Å². The Bertz CT molecular complexity index is 1070. The summed E-state index contributed by atoms with van der Waals surface area (Å²) in [6.07, 6.45) is 0.647. The number of amides is 1. The molecule has 0 fully saturated rings. The molecule has 140 valence electrons. The SMILES string of the molecule is CC[C@H](C)n1c(=O)c2ccccc2n(CC(=O)NCc2ccccc2)c1=O. The molecule has 0 unspecified atom stereocenters. The Morgan fingerprint density at radius 2 is 1.70 bits per heavy atom. The van der Waals surface area contributed by atoms with Gasteiger partial charge < -0.3 is 5.32 Å². The Labute approximate surface area is 157 Å². The topological polar surface area (TPSA) is 73.1 Å². The number of para-hydroxylation sites is 1. The van der Waals surface area contributed by atoms with Crippen LogP contribution in [0, 0.1) is 0 Å². The van der Waals surface area contributed by atoms with E-state index in [0.29, 0.717) is 23.9 Å². The number of rotatable bonds is 6. The van der Waals surface area contributed by atoms with Crippen molar-refractivity contribution >= 4 is 16.8 Å². The highest BCUT2D eigenvalue weighted by molar-refractivity contribution is 5.81. The number of carbonyl (C=O) groups is 1. The quantitative estimate of drug-likeness (QED) is 0.729. The second-order valence-corrected chi connectivity index (χ2v) is 6.58. The molecule has 1 N–H and O–H groups in total. The maximum Gasteiger partial charge on any atom is 0.332 e. The molecule has 0 bridgehead atoms. The van der Waals surface area contributed by atoms with Crippen LogP contribution in [0.25, 0.3) is 10.9 Å². The minimum Gasteiger partial charge on any atom is -0.350 e. The van der Waals surface area contributed by atoms with Gasteiger partial charge in [-0.25, -0.2) is 4.79 Å². The molecule has 0 spiro atoms. The normalized spacial score (nSPS) is 12.1. The Morgan fingerprint density at radius 1 is 1.04 bits per heavy atom. The number of benzene rings is 2. The maximum atomic E-state index is 13.0. The predicted octanol–water partition coefficient (Wildman–Crippen LogP) is 2.45. The van der Waals surface area contributed by atoms with E-state index in [0.717, 1.165) is 5.56 Å². The molecule has 1 aromatic heterocycles. The molecule has 2 aromatic carbocycles. The van der Waals surface area contributed by atoms with E-state index in [1.165, 1.54) is 9.13 Å². The van der Waals surface area contributed by atoms with Crippen molar-refractivity contribution in [3.63, 3.8) is 0 Å². The van der Waals surface area contributed by atoms with E-state index in [2.05, 4.69) is 5.32 Å². The minimum atomic E-state index is -0.456. The van der Waals surface area contributed by atoms with Crippen molar-refractivity contribution in [3.05, 3.63) is 81.0 Å². The smallest absolute Gasteiger partial charge is 0.332 e. The van der Waals surface area contributed by atoms with Crippen molar-refractivity contribution < 1.29 is 4.79 Å². The van der Waals surface area contributed by atoms with E-state index in [1.807, 2.05) is 44.2 Å². The average Bonchev–Trinajstić information content (AvgIpc) is 2.70. The van der Waals surface area contributed by atoms with Crippen molar-refractivity contribution in [2.45, 2.75) is 39.4 Å². The van der Waals surface area contributed by atoms with Crippen LogP contribution in [-0.2, 0) is 17.9 Å². The van der Waals surface area contributed by atoms with Crippen LogP contribution < -0.4 is 16.6 Å². The van der Waals surface area contributed by atoms with Gasteiger partial charge in [0.25, 0.3) is 5.56 Å². The second-order valence-electron chi connectivity index (χ2n) is 6.58. The highest BCUT2D eigenvalue weighted by Crippen LogP contribution is 2.11. The molecule has 1 heterocycles. The monoisotopic (exact) mass is 365 g/mol. The Balaban J connectivity index is 1.97. The first kappa shape index (κ1) is 18.6. The molecule has 1 atom stereocenters. The number of aromatic nitrogens is 2. The fourth-order valence-corrected chi connectivity index (χ4v) is 3.06. The lowest BCUT2D eigenvalue weighted by Gasteiger charge is -2.17. The molecule has 0 aliphatic heterocycles. The van der Waals surface area contributed by atoms with Crippen LogP contribution >= 0.6 is 0 Å². The van der Waals surface area contributed by atoms with Crippen molar-refractivity contribution in [2.24, 2.45) is 0 Å². The first-order valence-corrected chi connectivity index (χ1v) is 9.07. The second kappa shape index (κ2) is 8.03. The molecule has 6 heteroatoms. The van der Waals surface area contributed by atoms with Crippen LogP contribution in [0.5, 0.6) is 0 Å². The van der Waals surface area contributed by atoms with E-state index in [-0.39, 0.29) is 24.1 Å². The fraction of sp³-hybridized carbons (Fsp3) is 0.286. The Kier molecular flexibility index (Phi) is 5.54. The largest absolute Gasteiger partial charge is 0.350 e. The molecule has 6 nitrogen and oxygen atoms in total. The van der Waals surface area contributed by atoms with Gasteiger partial charge in [0.2, 0.25) is 5.91 Å². The standard InChI is InChI=1S/C21H23N3O3/c1-3-15(2)24-20(26)17-11-7-8-12-18(17)23(21(24)27)14-19(25)22-13-16-9-5-4-6-10-16/h4-12,15H,3,13-14H2,1-2H3,(H,22,25)/t15-/m0/s1. The molecule has 0 radical (unpaired) electrons. The van der Waals surface area contributed by atoms with E-state index < -0.39 is 5.69 Å². The minimum absolute atomic E-state index is 0.136. The van der Waals surface area contributed by atoms with Gasteiger partial charge in [-0.3, -0.25) is 18.7 Å². The molecule has 0 aliphatic carbocycles. The molecular weight excluding hydrogens is 342 g/mol. The summed E-state index contributed by atoms with van der Waals surface area (Å²) in [4.78, 5) is 38.2. The number of hydrogen-bond donors (Lipinski definition) is 1. The van der Waals surface area contributed by atoms with Crippen molar-refractivity contribution in [1.82, 2.24) is 14.5 Å². The van der Waals surface area contributed by atoms with Gasteiger partial charge >= 0.3 is 5.69 Å². The third-order valence-electron chi connectivity index (χ3n) is 4.75. The summed E-state index contributed by atoms with van der Waals surface area (Å²) in [6.45, 7) is 4.00. The third-order valence-corrected chi connectivity index (χ3v) is 4.75. The molecule has 27 heavy (non-hydrogen) atoms. The average molecular weight is 365 g/mol. The highest BCUT2D eigenvalue weighted by atomic mass is 16.2. The van der Waals surface area contributed by atoms with Crippen LogP contribution in [0.1, 0.15) is 31.9 Å². The van der Waals surface area contributed by atoms with Gasteiger partial charge in [0.15, 0.2) is 0 Å². The zero-order valence-corrected chi connectivity index (χ0v) is 15.5. The van der Waals surface area contributed by atoms with E-state index in [4.69, 9.17) is 0 Å². The summed E-state index contributed by atoms with van der Waals surface area (Å²) in [5, 5.41) is 3.27. The molecule has 3 rings (SSSR count). The fourth-order valence-electron chi connectivity index (χ4n) is 3.06. The van der Waals surface area contributed by atoms with Gasteiger partial charge in [0.05, 0.1) is 10.9 Å². The van der Waals surface area contributed by atoms with Gasteiger partial charge in [-0.2, -0.15) is 0 Å². The van der Waals surface area contributed by atoms with Gasteiger partial charge in [0.1, 0.15) is 6.54 Å². The summed E-state index contributed by atoms with van der Waals surface area (Å²) in [5.74, 6) is -0.277. The van der Waals surface area contributed by atoms with Gasteiger partial charge in [0, 0.05) is 12.6 Å². The van der Waals surface area contributed by atoms with Gasteiger partial charge in [-0.05, 0) is 31.0 Å². The highest BCUT2D eigenvalue weighted by Gasteiger charge is 2.17. The lowest BCUT2D eigenvalue weighted by Crippen LogP contribution is -2.43. The molecular formula is C21H23N3O3. The van der Waals surface area contributed by atoms with Crippen molar-refractivity contribution in [3.8, 4) is 0 Å². The van der Waals surface area contributed by atoms with Crippen LogP contribution in [0.2, 0.25) is 0 Å². The van der Waals surface area contributed by atoms with Crippen molar-refractivity contribution in [1.29, 1.82) is 0 Å². The van der Waals surface area contributed by atoms with Crippen LogP contribution in [0.3, 0.4) is 0 Å². The molecule has 0 saturated carbocycles. The van der Waals surface area contributed by atoms with Crippen molar-refractivity contribution in [2.75, 3.05) is 0 Å². The predicted molar refractivity (Wildman–Crippen MR) is 106 cm³/mol. The van der Waals surface area contributed by atoms with Crippen LogP contribution in [-0.4, -0.2) is 15.0 Å². The summed E-state index contributed by atoms with van der Waals surface area (Å²) < 4.78 is 2.62. The van der Waals surface area contributed by atoms with Crippen LogP contribution in [0.4, 0.5) is 0 Å². The maximum absolute atomic E-state index is 13.0. The first-order chi connectivity index (χ1) is 13.0. The summed E-state index contributed by atoms with van der Waals surface area (Å²) >= 11 is 0. The number of nitrogens with zero attached hydrogens (tertiary/aromatic N) is 2. The van der Waals surface area contributed by atoms with E-state index in [1.54, 1.807) is 24.3 Å². The van der Waals surface area contributed by atoms with Gasteiger partial charge in [-0.1, -0.05) is 49.4 Å². The Morgan fingerprint density at radius 3 is 2.41 bits per heavy atom. The summed E-state index contributed by atoms with van der Waals surface area (Å²) in [6, 6.07) is 16.2. The van der Waals surface area contributed by atoms with Crippen LogP contribution in [0.15, 0.2) is 64.2 Å². The molecule has 3 aromatic rings. The molecule has 1 amide bonds. The lowest BCUT2D eigenvalue weighted by molar-refractivity contribution is -0.121. The first-order valence-electron chi connectivity index (χ1n) is 9.07. The van der Waals surface area contributed by atoms with E-state index >= 15 is 0 Å². The molecule has 0 saturated heterocycles. The zero-order chi connectivity index (χ0) is 19.4. The molecule has 0 aliphatic rings. The third kappa shape index (κ3) is 3.84. The Hall–Kier alpha value is -3.15. The number of hydrogen-bond acceptors (Lipinski definition) is 3. The number of nitrogens with one attached hydrogen (secondary N) is 1. The number of carbonyl (C=O) groups excluding carboxylic acids is 1.